The molecule has 27 nitrogen and oxygen atoms in total. The third-order valence-corrected chi connectivity index (χ3v) is 11.5. The van der Waals surface area contributed by atoms with Crippen molar-refractivity contribution in [3.8, 4) is 80.1 Å². The van der Waals surface area contributed by atoms with Crippen molar-refractivity contribution in [3.05, 3.63) is 69.8 Å². The first kappa shape index (κ1) is 44.3. The highest BCUT2D eigenvalue weighted by molar-refractivity contribution is 6.09. The molecule has 1 fully saturated rings. The van der Waals surface area contributed by atoms with Gasteiger partial charge in [-0.25, -0.2) is 24.0 Å². The van der Waals surface area contributed by atoms with E-state index < -0.39 is 204 Å². The third-order valence-electron chi connectivity index (χ3n) is 11.5. The fraction of sp³-hybridized carbons (Fsp3) is 0.220. The average molecular weight is 953 g/mol. The van der Waals surface area contributed by atoms with Crippen molar-refractivity contribution in [1.82, 2.24) is 0 Å². The Kier molecular flexibility index (Phi) is 9.64. The Morgan fingerprint density at radius 2 is 1.07 bits per heavy atom. The van der Waals surface area contributed by atoms with Gasteiger partial charge in [0.15, 0.2) is 64.0 Å². The maximum absolute atomic E-state index is 14.6. The van der Waals surface area contributed by atoms with E-state index in [0.717, 1.165) is 0 Å². The summed E-state index contributed by atoms with van der Waals surface area (Å²) in [6.45, 7) is -1.31. The maximum atomic E-state index is 14.6. The van der Waals surface area contributed by atoms with Gasteiger partial charge in [-0.15, -0.1) is 0 Å². The van der Waals surface area contributed by atoms with Crippen LogP contribution >= 0.6 is 0 Å². The highest BCUT2D eigenvalue weighted by atomic mass is 16.8. The van der Waals surface area contributed by atoms with Gasteiger partial charge in [-0.05, 0) is 36.4 Å². The number of rotatable bonds is 2. The molecule has 0 aromatic heterocycles. The van der Waals surface area contributed by atoms with Crippen molar-refractivity contribution in [2.24, 2.45) is 0 Å². The summed E-state index contributed by atoms with van der Waals surface area (Å²) in [6, 6.07) is 2.36. The lowest BCUT2D eigenvalue weighted by atomic mass is 9.74. The topological polar surface area (TPSA) is 450 Å². The molecule has 0 amide bonds. The summed E-state index contributed by atoms with van der Waals surface area (Å²) in [5.41, 5.74) is -8.25. The third kappa shape index (κ3) is 6.21. The summed E-state index contributed by atoms with van der Waals surface area (Å²) >= 11 is 0. The van der Waals surface area contributed by atoms with Crippen LogP contribution in [0.1, 0.15) is 52.9 Å². The van der Waals surface area contributed by atoms with Gasteiger partial charge in [0.1, 0.15) is 12.7 Å². The van der Waals surface area contributed by atoms with Crippen LogP contribution in [-0.2, 0) is 38.0 Å². The van der Waals surface area contributed by atoms with Crippen molar-refractivity contribution in [1.29, 1.82) is 0 Å². The summed E-state index contributed by atoms with van der Waals surface area (Å²) in [4.78, 5) is 84.6. The van der Waals surface area contributed by atoms with E-state index in [1.807, 2.05) is 0 Å². The second-order valence-electron chi connectivity index (χ2n) is 15.5. The largest absolute Gasteiger partial charge is 0.504 e. The minimum Gasteiger partial charge on any atom is -0.504 e. The standard InChI is InChI=1S/C41H28O27/c42-13-1-8(2-14(43)24(13)48)34(54)67-39-33-32-30(64-38(58)12-6-19(47)40(59,60)41(61)23(12)22-11(37(57)66-33)5-17(46)27(51)31(22)68-41)18(63-39)7-62-35(55)9-3-15(44)25(49)28(52)20(9)21-10(36(56)65-32)4-16(45)26(50)29(21)53/h1-6,18,23,30,32-33,39,42-46,48-53,59-61H,7H2/t18-,23-,30-,32+,33-,39+,41+/m1/s1. The number of cyclic esters (lactones) is 1. The molecular formula is C41H28O27. The first-order valence-electron chi connectivity index (χ1n) is 19.1. The number of hydrogen-bond acceptors (Lipinski definition) is 27. The molecule has 0 spiro atoms. The van der Waals surface area contributed by atoms with E-state index in [-0.39, 0.29) is 6.08 Å². The van der Waals surface area contributed by atoms with Crippen LogP contribution < -0.4 is 4.74 Å². The molecule has 68 heavy (non-hydrogen) atoms. The zero-order valence-electron chi connectivity index (χ0n) is 33.2. The molecule has 4 aromatic rings. The number of ether oxygens (including phenoxy) is 7. The zero-order valence-corrected chi connectivity index (χ0v) is 33.2. The van der Waals surface area contributed by atoms with Gasteiger partial charge in [-0.3, -0.25) is 4.79 Å². The number of phenolic OH excluding ortho intramolecular Hbond substituents is 11. The molecule has 5 aliphatic rings. The molecule has 354 valence electrons. The second kappa shape index (κ2) is 14.8. The fourth-order valence-corrected chi connectivity index (χ4v) is 8.26. The number of phenols is 11. The lowest BCUT2D eigenvalue weighted by Gasteiger charge is -2.44. The molecule has 7 atom stereocenters. The predicted molar refractivity (Wildman–Crippen MR) is 204 cm³/mol. The van der Waals surface area contributed by atoms with Crippen molar-refractivity contribution in [3.63, 3.8) is 0 Å². The van der Waals surface area contributed by atoms with E-state index in [4.69, 9.17) is 33.2 Å². The van der Waals surface area contributed by atoms with Crippen molar-refractivity contribution in [2.45, 2.75) is 48.2 Å². The van der Waals surface area contributed by atoms with E-state index in [9.17, 15) is 100 Å². The highest BCUT2D eigenvalue weighted by Gasteiger charge is 2.70. The van der Waals surface area contributed by atoms with Crippen LogP contribution in [0, 0.1) is 0 Å². The van der Waals surface area contributed by atoms with E-state index in [2.05, 4.69) is 0 Å². The summed E-state index contributed by atoms with van der Waals surface area (Å²) in [6.07, 6.45) is -12.1. The summed E-state index contributed by atoms with van der Waals surface area (Å²) in [5.74, 6) is -36.2. The molecule has 9 rings (SSSR count). The molecule has 1 saturated heterocycles. The Balaban J connectivity index is 1.29. The molecular weight excluding hydrogens is 924 g/mol. The lowest BCUT2D eigenvalue weighted by Crippen LogP contribution is -2.66. The highest BCUT2D eigenvalue weighted by Crippen LogP contribution is 2.60. The van der Waals surface area contributed by atoms with Crippen molar-refractivity contribution in [2.75, 3.05) is 6.61 Å². The molecule has 27 heteroatoms. The smallest absolute Gasteiger partial charge is 0.340 e. The minimum absolute atomic E-state index is 0.207. The van der Waals surface area contributed by atoms with Gasteiger partial charge in [0.25, 0.3) is 11.6 Å². The first-order valence-corrected chi connectivity index (χ1v) is 19.1. The second-order valence-corrected chi connectivity index (χ2v) is 15.5. The van der Waals surface area contributed by atoms with Crippen LogP contribution in [0.25, 0.3) is 11.1 Å². The minimum atomic E-state index is -4.02. The van der Waals surface area contributed by atoms with Crippen LogP contribution in [0.15, 0.2) is 42.0 Å². The number of benzene rings is 4. The molecule has 4 bridgehead atoms. The van der Waals surface area contributed by atoms with Gasteiger partial charge in [0.2, 0.25) is 35.4 Å². The fourth-order valence-electron chi connectivity index (χ4n) is 8.26. The number of aliphatic hydroxyl groups is 3. The Hall–Kier alpha value is -8.92. The van der Waals surface area contributed by atoms with Gasteiger partial charge in [0.05, 0.1) is 33.7 Å². The molecule has 14 N–H and O–H groups in total. The number of aromatic hydroxyl groups is 11. The lowest BCUT2D eigenvalue weighted by molar-refractivity contribution is -0.323. The van der Waals surface area contributed by atoms with Crippen LogP contribution in [-0.4, -0.2) is 156 Å². The quantitative estimate of drug-likeness (QED) is 0.0491. The van der Waals surface area contributed by atoms with Crippen LogP contribution in [0.3, 0.4) is 0 Å². The summed E-state index contributed by atoms with van der Waals surface area (Å²) in [7, 11) is 0. The summed E-state index contributed by atoms with van der Waals surface area (Å²) in [5, 5.41) is 150. The van der Waals surface area contributed by atoms with E-state index in [0.29, 0.717) is 30.3 Å². The number of ketones is 1. The number of carbonyl (C=O) groups is 6. The molecule has 4 aromatic carbocycles. The van der Waals surface area contributed by atoms with Gasteiger partial charge in [-0.2, -0.15) is 0 Å². The number of esters is 5. The van der Waals surface area contributed by atoms with Crippen molar-refractivity contribution < 1.29 is 133 Å². The van der Waals surface area contributed by atoms with E-state index >= 15 is 0 Å². The van der Waals surface area contributed by atoms with Gasteiger partial charge in [0, 0.05) is 16.7 Å². The van der Waals surface area contributed by atoms with Crippen LogP contribution in [0.2, 0.25) is 0 Å². The Morgan fingerprint density at radius 1 is 0.574 bits per heavy atom. The molecule has 0 radical (unpaired) electrons. The van der Waals surface area contributed by atoms with E-state index in [1.54, 1.807) is 0 Å². The Labute approximate surface area is 373 Å². The number of hydrogen-bond donors (Lipinski definition) is 14. The van der Waals surface area contributed by atoms with Gasteiger partial charge >= 0.3 is 29.8 Å². The Morgan fingerprint density at radius 3 is 1.68 bits per heavy atom. The zero-order chi connectivity index (χ0) is 49.4. The van der Waals surface area contributed by atoms with Crippen LogP contribution in [0.4, 0.5) is 0 Å². The normalized spacial score (nSPS) is 25.7. The number of carbonyl (C=O) groups excluding carboxylic acids is 6. The Bertz CT molecular complexity index is 3020. The average Bonchev–Trinajstić information content (AvgIpc) is 3.61. The molecule has 0 saturated carbocycles. The van der Waals surface area contributed by atoms with Crippen molar-refractivity contribution >= 4 is 35.6 Å². The van der Waals surface area contributed by atoms with Gasteiger partial charge < -0.3 is 105 Å². The number of fused-ring (bicyclic) bond motifs is 3. The van der Waals surface area contributed by atoms with E-state index in [1.165, 1.54) is 0 Å². The first-order chi connectivity index (χ1) is 31.9. The van der Waals surface area contributed by atoms with Gasteiger partial charge in [-0.1, -0.05) is 0 Å². The van der Waals surface area contributed by atoms with Crippen LogP contribution in [0.5, 0.6) is 69.0 Å². The maximum Gasteiger partial charge on any atom is 0.340 e. The summed E-state index contributed by atoms with van der Waals surface area (Å²) < 4.78 is 39.1. The SMILES string of the molecule is O=C1O[C@H]2[C@@H]3OC(=O)c4cc(O)c(O)c(O)c4-c4c(cc(O)c(O)c4O)C(=O)OC[C@H]2O[C@@H](OC(=O)c2cc(O)c(O)c(O)c2)[C@@H]3OC(=O)c2cc(O)c(O)c3c2[C@H]2C1=CC(=O)C(O)(O)[C@@]2(O)O3. The molecule has 4 aliphatic heterocycles. The molecule has 1 aliphatic carbocycles. The molecule has 0 unspecified atom stereocenters. The molecule has 4 heterocycles. The predicted octanol–water partition coefficient (Wildman–Crippen LogP) is -1.10. The monoisotopic (exact) mass is 952 g/mol.